The number of rotatable bonds is 1. The third-order valence-electron chi connectivity index (χ3n) is 2.50. The average molecular weight is 259 g/mol. The lowest BCUT2D eigenvalue weighted by Gasteiger charge is -2.26. The summed E-state index contributed by atoms with van der Waals surface area (Å²) in [7, 11) is 0. The van der Waals surface area contributed by atoms with Crippen molar-refractivity contribution in [3.05, 3.63) is 0 Å². The van der Waals surface area contributed by atoms with Gasteiger partial charge in [-0.25, -0.2) is 4.79 Å². The van der Waals surface area contributed by atoms with Gasteiger partial charge in [-0.2, -0.15) is 0 Å². The van der Waals surface area contributed by atoms with E-state index in [2.05, 4.69) is 0 Å². The number of carbonyl (C=O) groups excluding carboxylic acids is 2. The zero-order valence-corrected chi connectivity index (χ0v) is 12.0. The van der Waals surface area contributed by atoms with E-state index >= 15 is 0 Å². The van der Waals surface area contributed by atoms with Crippen LogP contribution in [0.15, 0.2) is 0 Å². The second-order valence-corrected chi connectivity index (χ2v) is 6.93. The molecule has 1 aliphatic heterocycles. The minimum absolute atomic E-state index is 0.105. The van der Waals surface area contributed by atoms with Crippen molar-refractivity contribution in [1.82, 2.24) is 4.90 Å². The maximum atomic E-state index is 11.9. The Morgan fingerprint density at radius 3 is 2.41 bits per heavy atom. The van der Waals surface area contributed by atoms with Crippen LogP contribution in [0.1, 0.15) is 41.0 Å². The van der Waals surface area contributed by atoms with Gasteiger partial charge in [0.15, 0.2) is 5.12 Å². The Balaban J connectivity index is 2.55. The predicted octanol–water partition coefficient (Wildman–Crippen LogP) is 2.66. The normalized spacial score (nSPS) is 24.9. The highest BCUT2D eigenvalue weighted by Gasteiger charge is 2.35. The van der Waals surface area contributed by atoms with Crippen LogP contribution in [0.3, 0.4) is 0 Å². The molecule has 98 valence electrons. The van der Waals surface area contributed by atoms with Crippen LogP contribution in [0.5, 0.6) is 0 Å². The van der Waals surface area contributed by atoms with Gasteiger partial charge in [0.05, 0.1) is 0 Å². The minimum Gasteiger partial charge on any atom is -0.444 e. The molecular formula is C12H21NO3S. The highest BCUT2D eigenvalue weighted by atomic mass is 32.2. The first-order valence-corrected chi connectivity index (χ1v) is 6.74. The molecule has 1 heterocycles. The molecule has 0 aromatic heterocycles. The summed E-state index contributed by atoms with van der Waals surface area (Å²) in [4.78, 5) is 24.7. The Kier molecular flexibility index (Phi) is 4.47. The second kappa shape index (κ2) is 5.29. The number of hydrogen-bond acceptors (Lipinski definition) is 4. The number of ether oxygens (including phenoxy) is 1. The third kappa shape index (κ3) is 4.58. The zero-order valence-electron chi connectivity index (χ0n) is 11.1. The summed E-state index contributed by atoms with van der Waals surface area (Å²) < 4.78 is 5.34. The fourth-order valence-corrected chi connectivity index (χ4v) is 2.96. The summed E-state index contributed by atoms with van der Waals surface area (Å²) in [6.45, 7) is 9.71. The standard InChI is InChI=1S/C12H21NO3S/c1-8-6-10(17-9(2)14)7-13(8)11(15)16-12(3,4)5/h8,10H,6-7H2,1-5H3/t8-,10-/m1/s1. The first kappa shape index (κ1) is 14.4. The van der Waals surface area contributed by atoms with Gasteiger partial charge in [0, 0.05) is 24.8 Å². The van der Waals surface area contributed by atoms with Crippen molar-refractivity contribution in [2.75, 3.05) is 6.54 Å². The Bertz CT molecular complexity index is 311. The first-order chi connectivity index (χ1) is 7.69. The van der Waals surface area contributed by atoms with Crippen LogP contribution in [-0.4, -0.2) is 39.5 Å². The molecule has 0 unspecified atom stereocenters. The van der Waals surface area contributed by atoms with Crippen LogP contribution in [0.4, 0.5) is 4.79 Å². The molecule has 0 N–H and O–H groups in total. The van der Waals surface area contributed by atoms with Gasteiger partial charge >= 0.3 is 6.09 Å². The minimum atomic E-state index is -0.470. The van der Waals surface area contributed by atoms with Crippen molar-refractivity contribution in [1.29, 1.82) is 0 Å². The van der Waals surface area contributed by atoms with Crippen molar-refractivity contribution in [3.8, 4) is 0 Å². The van der Waals surface area contributed by atoms with E-state index in [-0.39, 0.29) is 22.5 Å². The molecule has 1 aliphatic rings. The van der Waals surface area contributed by atoms with Crippen molar-refractivity contribution in [3.63, 3.8) is 0 Å². The lowest BCUT2D eigenvalue weighted by Crippen LogP contribution is -2.39. The summed E-state index contributed by atoms with van der Waals surface area (Å²) in [6, 6.07) is 0.140. The van der Waals surface area contributed by atoms with Gasteiger partial charge in [0.2, 0.25) is 0 Å². The molecule has 1 fully saturated rings. The van der Waals surface area contributed by atoms with Crippen LogP contribution in [0.25, 0.3) is 0 Å². The van der Waals surface area contributed by atoms with Gasteiger partial charge in [0.1, 0.15) is 5.60 Å². The van der Waals surface area contributed by atoms with Gasteiger partial charge in [-0.05, 0) is 34.1 Å². The summed E-state index contributed by atoms with van der Waals surface area (Å²) >= 11 is 1.32. The van der Waals surface area contributed by atoms with Crippen molar-refractivity contribution in [2.45, 2.75) is 57.9 Å². The maximum Gasteiger partial charge on any atom is 0.410 e. The Morgan fingerprint density at radius 1 is 1.35 bits per heavy atom. The Labute approximate surface area is 107 Å². The lowest BCUT2D eigenvalue weighted by atomic mass is 10.2. The topological polar surface area (TPSA) is 46.6 Å². The number of nitrogens with zero attached hydrogens (tertiary/aromatic N) is 1. The van der Waals surface area contributed by atoms with E-state index in [0.29, 0.717) is 6.54 Å². The first-order valence-electron chi connectivity index (χ1n) is 5.86. The molecule has 0 aromatic carbocycles. The number of amides is 1. The summed E-state index contributed by atoms with van der Waals surface area (Å²) in [5.41, 5.74) is -0.470. The van der Waals surface area contributed by atoms with Crippen molar-refractivity contribution < 1.29 is 14.3 Å². The SMILES string of the molecule is CC(=O)S[C@@H]1C[C@@H](C)N(C(=O)OC(C)(C)C)C1. The summed E-state index contributed by atoms with van der Waals surface area (Å²) in [6.07, 6.45) is 0.570. The molecule has 4 nitrogen and oxygen atoms in total. The molecule has 1 rings (SSSR count). The molecule has 0 radical (unpaired) electrons. The number of hydrogen-bond donors (Lipinski definition) is 0. The fourth-order valence-electron chi connectivity index (χ4n) is 1.88. The van der Waals surface area contributed by atoms with Crippen LogP contribution in [0.2, 0.25) is 0 Å². The van der Waals surface area contributed by atoms with E-state index in [1.165, 1.54) is 11.8 Å². The van der Waals surface area contributed by atoms with Crippen LogP contribution in [-0.2, 0) is 9.53 Å². The lowest BCUT2D eigenvalue weighted by molar-refractivity contribution is -0.109. The van der Waals surface area contributed by atoms with Gasteiger partial charge in [0.25, 0.3) is 0 Å². The Hall–Kier alpha value is -0.710. The van der Waals surface area contributed by atoms with Gasteiger partial charge < -0.3 is 9.64 Å². The fraction of sp³-hybridized carbons (Fsp3) is 0.833. The molecule has 0 bridgehead atoms. The number of thioether (sulfide) groups is 1. The van der Waals surface area contributed by atoms with E-state index in [9.17, 15) is 9.59 Å². The van der Waals surface area contributed by atoms with Crippen LogP contribution in [0, 0.1) is 0 Å². The molecule has 17 heavy (non-hydrogen) atoms. The molecule has 2 atom stereocenters. The zero-order chi connectivity index (χ0) is 13.2. The highest BCUT2D eigenvalue weighted by Crippen LogP contribution is 2.28. The molecule has 0 aromatic rings. The molecular weight excluding hydrogens is 238 g/mol. The van der Waals surface area contributed by atoms with Crippen LogP contribution >= 0.6 is 11.8 Å². The number of likely N-dealkylation sites (tertiary alicyclic amines) is 1. The van der Waals surface area contributed by atoms with E-state index in [4.69, 9.17) is 4.74 Å². The average Bonchev–Trinajstić information content (AvgIpc) is 2.42. The van der Waals surface area contributed by atoms with E-state index in [1.807, 2.05) is 27.7 Å². The predicted molar refractivity (Wildman–Crippen MR) is 69.1 cm³/mol. The molecule has 1 amide bonds. The van der Waals surface area contributed by atoms with Crippen molar-refractivity contribution in [2.24, 2.45) is 0 Å². The second-order valence-electron chi connectivity index (χ2n) is 5.45. The van der Waals surface area contributed by atoms with E-state index in [0.717, 1.165) is 6.42 Å². The molecule has 0 aliphatic carbocycles. The summed E-state index contributed by atoms with van der Waals surface area (Å²) in [5.74, 6) is 0. The molecule has 5 heteroatoms. The summed E-state index contributed by atoms with van der Waals surface area (Å²) in [5, 5.41) is 0.309. The van der Waals surface area contributed by atoms with E-state index in [1.54, 1.807) is 11.8 Å². The molecule has 0 saturated carbocycles. The Morgan fingerprint density at radius 2 is 1.94 bits per heavy atom. The van der Waals surface area contributed by atoms with Crippen molar-refractivity contribution >= 4 is 23.0 Å². The molecule has 0 spiro atoms. The third-order valence-corrected chi connectivity index (χ3v) is 3.50. The largest absolute Gasteiger partial charge is 0.444 e. The van der Waals surface area contributed by atoms with E-state index < -0.39 is 5.60 Å². The quantitative estimate of drug-likeness (QED) is 0.726. The highest BCUT2D eigenvalue weighted by molar-refractivity contribution is 8.14. The van der Waals surface area contributed by atoms with Gasteiger partial charge in [-0.3, -0.25) is 4.79 Å². The monoisotopic (exact) mass is 259 g/mol. The smallest absolute Gasteiger partial charge is 0.410 e. The maximum absolute atomic E-state index is 11.9. The number of carbonyl (C=O) groups is 2. The molecule has 1 saturated heterocycles. The van der Waals surface area contributed by atoms with Gasteiger partial charge in [-0.15, -0.1) is 0 Å². The van der Waals surface area contributed by atoms with Crippen LogP contribution < -0.4 is 0 Å². The van der Waals surface area contributed by atoms with Gasteiger partial charge in [-0.1, -0.05) is 11.8 Å².